The first kappa shape index (κ1) is 13.3. The maximum absolute atomic E-state index is 6.02. The van der Waals surface area contributed by atoms with Crippen molar-refractivity contribution < 1.29 is 4.74 Å². The highest BCUT2D eigenvalue weighted by Crippen LogP contribution is 2.37. The zero-order valence-corrected chi connectivity index (χ0v) is 12.2. The van der Waals surface area contributed by atoms with Gasteiger partial charge in [-0.2, -0.15) is 4.37 Å². The van der Waals surface area contributed by atoms with Gasteiger partial charge < -0.3 is 15.8 Å². The summed E-state index contributed by atoms with van der Waals surface area (Å²) in [5.41, 5.74) is 8.05. The van der Waals surface area contributed by atoms with Crippen LogP contribution >= 0.6 is 11.5 Å². The first-order valence-corrected chi connectivity index (χ1v) is 7.55. The fraction of sp³-hybridized carbons (Fsp3) is 0.429. The molecule has 6 heteroatoms. The molecule has 1 aliphatic rings. The van der Waals surface area contributed by atoms with Crippen LogP contribution in [-0.4, -0.2) is 28.1 Å². The molecule has 3 N–H and O–H groups in total. The smallest absolute Gasteiger partial charge is 0.147 e. The number of hydrogen-bond donors (Lipinski definition) is 2. The highest BCUT2D eigenvalue weighted by molar-refractivity contribution is 7.11. The summed E-state index contributed by atoms with van der Waals surface area (Å²) in [5, 5.41) is 4.61. The van der Waals surface area contributed by atoms with Gasteiger partial charge in [-0.3, -0.25) is 4.98 Å². The van der Waals surface area contributed by atoms with Gasteiger partial charge in [-0.15, -0.1) is 0 Å². The molecule has 2 aromatic rings. The number of anilines is 2. The van der Waals surface area contributed by atoms with Gasteiger partial charge >= 0.3 is 0 Å². The first-order chi connectivity index (χ1) is 9.74. The van der Waals surface area contributed by atoms with E-state index in [1.807, 2.05) is 12.1 Å². The van der Waals surface area contributed by atoms with Crippen LogP contribution in [0.1, 0.15) is 19.8 Å². The van der Waals surface area contributed by atoms with Crippen LogP contribution in [0.5, 0.6) is 0 Å². The van der Waals surface area contributed by atoms with Crippen LogP contribution in [-0.2, 0) is 4.74 Å². The van der Waals surface area contributed by atoms with Crippen molar-refractivity contribution in [3.63, 3.8) is 0 Å². The third-order valence-electron chi connectivity index (χ3n) is 3.51. The van der Waals surface area contributed by atoms with E-state index in [0.717, 1.165) is 35.6 Å². The summed E-state index contributed by atoms with van der Waals surface area (Å²) in [6.07, 6.45) is 5.86. The van der Waals surface area contributed by atoms with E-state index in [9.17, 15) is 0 Å². The number of nitrogens with two attached hydrogens (primary N) is 1. The van der Waals surface area contributed by atoms with Crippen LogP contribution in [0.2, 0.25) is 0 Å². The van der Waals surface area contributed by atoms with Gasteiger partial charge in [0, 0.05) is 25.0 Å². The van der Waals surface area contributed by atoms with Gasteiger partial charge in [0.25, 0.3) is 0 Å². The Bertz CT molecular complexity index is 572. The van der Waals surface area contributed by atoms with Crippen LogP contribution in [0.4, 0.5) is 10.8 Å². The number of ether oxygens (including phenoxy) is 1. The molecule has 3 rings (SSSR count). The normalized spacial score (nSPS) is 22.6. The van der Waals surface area contributed by atoms with E-state index >= 15 is 0 Å². The van der Waals surface area contributed by atoms with Crippen molar-refractivity contribution in [1.29, 1.82) is 0 Å². The lowest BCUT2D eigenvalue weighted by molar-refractivity contribution is 0.0233. The van der Waals surface area contributed by atoms with Gasteiger partial charge in [-0.1, -0.05) is 0 Å². The number of rotatable bonds is 3. The highest BCUT2D eigenvalue weighted by atomic mass is 32.1. The minimum atomic E-state index is 0.302. The molecule has 1 aliphatic heterocycles. The van der Waals surface area contributed by atoms with Crippen LogP contribution < -0.4 is 11.1 Å². The number of aromatic nitrogens is 2. The molecular weight excluding hydrogens is 272 g/mol. The maximum Gasteiger partial charge on any atom is 0.147 e. The van der Waals surface area contributed by atoms with Crippen molar-refractivity contribution in [3.8, 4) is 11.1 Å². The van der Waals surface area contributed by atoms with E-state index in [0.29, 0.717) is 18.0 Å². The van der Waals surface area contributed by atoms with Crippen LogP contribution in [0, 0.1) is 0 Å². The van der Waals surface area contributed by atoms with E-state index in [-0.39, 0.29) is 0 Å². The minimum Gasteiger partial charge on any atom is -0.382 e. The summed E-state index contributed by atoms with van der Waals surface area (Å²) < 4.78 is 9.86. The standard InChI is InChI=1S/C14H18N4OS/c1-9-8-11(4-7-19-9)17-14-12(13(15)18-20-14)10-2-5-16-6-3-10/h2-3,5-6,9,11,17H,4,7-8H2,1H3,(H2,15,18). The summed E-state index contributed by atoms with van der Waals surface area (Å²) in [7, 11) is 0. The largest absolute Gasteiger partial charge is 0.382 e. The molecule has 0 amide bonds. The van der Waals surface area contributed by atoms with E-state index in [4.69, 9.17) is 10.5 Å². The summed E-state index contributed by atoms with van der Waals surface area (Å²) in [5.74, 6) is 0.573. The van der Waals surface area contributed by atoms with Crippen molar-refractivity contribution in [2.45, 2.75) is 31.9 Å². The molecule has 0 aliphatic carbocycles. The fourth-order valence-corrected chi connectivity index (χ4v) is 3.33. The third kappa shape index (κ3) is 2.76. The molecule has 1 fully saturated rings. The predicted molar refractivity (Wildman–Crippen MR) is 81.8 cm³/mol. The third-order valence-corrected chi connectivity index (χ3v) is 4.30. The molecule has 0 radical (unpaired) electrons. The minimum absolute atomic E-state index is 0.302. The average Bonchev–Trinajstić information content (AvgIpc) is 2.81. The van der Waals surface area contributed by atoms with Crippen molar-refractivity contribution in [3.05, 3.63) is 24.5 Å². The van der Waals surface area contributed by atoms with Gasteiger partial charge in [0.2, 0.25) is 0 Å². The summed E-state index contributed by atoms with van der Waals surface area (Å²) in [4.78, 5) is 4.05. The van der Waals surface area contributed by atoms with Crippen LogP contribution in [0.15, 0.2) is 24.5 Å². The zero-order valence-electron chi connectivity index (χ0n) is 11.4. The van der Waals surface area contributed by atoms with Gasteiger partial charge in [-0.05, 0) is 49.0 Å². The lowest BCUT2D eigenvalue weighted by atomic mass is 10.0. The first-order valence-electron chi connectivity index (χ1n) is 6.77. The van der Waals surface area contributed by atoms with Gasteiger partial charge in [0.15, 0.2) is 0 Å². The Labute approximate surface area is 122 Å². The molecule has 2 atom stereocenters. The van der Waals surface area contributed by atoms with Crippen LogP contribution in [0.25, 0.3) is 11.1 Å². The molecule has 0 spiro atoms. The van der Waals surface area contributed by atoms with Crippen molar-refractivity contribution >= 4 is 22.4 Å². The molecular formula is C14H18N4OS. The van der Waals surface area contributed by atoms with E-state index in [1.165, 1.54) is 11.5 Å². The Kier molecular flexibility index (Phi) is 3.84. The molecule has 2 unspecified atom stereocenters. The lowest BCUT2D eigenvalue weighted by Crippen LogP contribution is -2.32. The molecule has 0 saturated carbocycles. The quantitative estimate of drug-likeness (QED) is 0.909. The zero-order chi connectivity index (χ0) is 13.9. The second-order valence-electron chi connectivity index (χ2n) is 5.05. The summed E-state index contributed by atoms with van der Waals surface area (Å²) >= 11 is 1.42. The summed E-state index contributed by atoms with van der Waals surface area (Å²) in [6, 6.07) is 4.33. The molecule has 3 heterocycles. The molecule has 0 bridgehead atoms. The van der Waals surface area contributed by atoms with Gasteiger partial charge in [0.1, 0.15) is 10.8 Å². The SMILES string of the molecule is CC1CC(Nc2snc(N)c2-c2ccncc2)CCO1. The second-order valence-corrected chi connectivity index (χ2v) is 5.83. The van der Waals surface area contributed by atoms with Gasteiger partial charge in [-0.25, -0.2) is 0 Å². The molecule has 106 valence electrons. The summed E-state index contributed by atoms with van der Waals surface area (Å²) in [6.45, 7) is 2.91. The molecule has 20 heavy (non-hydrogen) atoms. The Morgan fingerprint density at radius 3 is 2.95 bits per heavy atom. The Morgan fingerprint density at radius 2 is 2.20 bits per heavy atom. The number of nitrogens with one attached hydrogen (secondary N) is 1. The second kappa shape index (κ2) is 5.76. The molecule has 1 saturated heterocycles. The van der Waals surface area contributed by atoms with Crippen LogP contribution in [0.3, 0.4) is 0 Å². The number of nitrogens with zero attached hydrogens (tertiary/aromatic N) is 2. The van der Waals surface area contributed by atoms with Crippen molar-refractivity contribution in [2.24, 2.45) is 0 Å². The van der Waals surface area contributed by atoms with E-state index in [2.05, 4.69) is 21.6 Å². The van der Waals surface area contributed by atoms with E-state index in [1.54, 1.807) is 12.4 Å². The number of hydrogen-bond acceptors (Lipinski definition) is 6. The monoisotopic (exact) mass is 290 g/mol. The number of nitrogen functional groups attached to an aromatic ring is 1. The fourth-order valence-electron chi connectivity index (χ4n) is 2.51. The topological polar surface area (TPSA) is 73.1 Å². The molecule has 5 nitrogen and oxygen atoms in total. The molecule has 2 aromatic heterocycles. The maximum atomic E-state index is 6.02. The Hall–Kier alpha value is -1.66. The predicted octanol–water partition coefficient (Wildman–Crippen LogP) is 2.77. The highest BCUT2D eigenvalue weighted by Gasteiger charge is 2.22. The Morgan fingerprint density at radius 1 is 1.40 bits per heavy atom. The lowest BCUT2D eigenvalue weighted by Gasteiger charge is -2.28. The van der Waals surface area contributed by atoms with Gasteiger partial charge in [0.05, 0.1) is 11.7 Å². The van der Waals surface area contributed by atoms with E-state index < -0.39 is 0 Å². The molecule has 0 aromatic carbocycles. The van der Waals surface area contributed by atoms with Crippen molar-refractivity contribution in [1.82, 2.24) is 9.36 Å². The number of pyridine rings is 1. The Balaban J connectivity index is 1.84. The average molecular weight is 290 g/mol. The van der Waals surface area contributed by atoms with Crippen molar-refractivity contribution in [2.75, 3.05) is 17.7 Å².